The summed E-state index contributed by atoms with van der Waals surface area (Å²) >= 11 is 0. The number of rotatable bonds is 4. The monoisotopic (exact) mass is 282 g/mol. The number of nitrogens with zero attached hydrogens (tertiary/aromatic N) is 2. The van der Waals surface area contributed by atoms with Crippen LogP contribution in [0, 0.1) is 0 Å². The Balaban J connectivity index is 2.83. The topological polar surface area (TPSA) is 107 Å². The normalized spacial score (nSPS) is 13.6. The maximum Gasteiger partial charge on any atom is 0.513 e. The predicted molar refractivity (Wildman–Crippen MR) is 65.6 cm³/mol. The standard InChI is InChI=1S/C12H14N2O6/c1-3-17-11(15)19-9-6-5-8(14-13)7-10(9)20-12(16)18-4-2/h6-7H,3-5H2,1-2H3. The van der Waals surface area contributed by atoms with Gasteiger partial charge in [0.15, 0.2) is 11.5 Å². The number of allylic oxidation sites excluding steroid dienone is 2. The fourth-order valence-corrected chi connectivity index (χ4v) is 1.29. The van der Waals surface area contributed by atoms with Crippen molar-refractivity contribution in [2.45, 2.75) is 20.3 Å². The molecule has 20 heavy (non-hydrogen) atoms. The zero-order chi connectivity index (χ0) is 15.0. The van der Waals surface area contributed by atoms with Crippen LogP contribution in [0.15, 0.2) is 23.7 Å². The van der Waals surface area contributed by atoms with Crippen LogP contribution in [0.25, 0.3) is 5.53 Å². The first-order valence-corrected chi connectivity index (χ1v) is 5.93. The lowest BCUT2D eigenvalue weighted by molar-refractivity contribution is -0.00623. The molecule has 0 unspecified atom stereocenters. The number of carbonyl (C=O) groups excluding carboxylic acids is 2. The van der Waals surface area contributed by atoms with Gasteiger partial charge in [0.25, 0.3) is 5.71 Å². The van der Waals surface area contributed by atoms with E-state index in [4.69, 9.17) is 15.0 Å². The molecule has 0 atom stereocenters. The van der Waals surface area contributed by atoms with Gasteiger partial charge in [-0.05, 0) is 19.9 Å². The minimum absolute atomic E-state index is 0.0103. The summed E-state index contributed by atoms with van der Waals surface area (Å²) in [6.45, 7) is 3.51. The van der Waals surface area contributed by atoms with Crippen LogP contribution in [-0.2, 0) is 18.9 Å². The molecular formula is C12H14N2O6. The second kappa shape index (κ2) is 7.75. The maximum atomic E-state index is 11.3. The minimum Gasteiger partial charge on any atom is -0.434 e. The molecule has 1 rings (SSSR count). The van der Waals surface area contributed by atoms with Crippen molar-refractivity contribution in [2.24, 2.45) is 0 Å². The summed E-state index contributed by atoms with van der Waals surface area (Å²) in [5.41, 5.74) is 8.95. The van der Waals surface area contributed by atoms with Crippen LogP contribution in [0.5, 0.6) is 0 Å². The van der Waals surface area contributed by atoms with Gasteiger partial charge >= 0.3 is 12.3 Å². The fourth-order valence-electron chi connectivity index (χ4n) is 1.29. The van der Waals surface area contributed by atoms with Gasteiger partial charge in [-0.1, -0.05) is 0 Å². The molecule has 8 heteroatoms. The Morgan fingerprint density at radius 2 is 1.70 bits per heavy atom. The highest BCUT2D eigenvalue weighted by atomic mass is 16.7. The van der Waals surface area contributed by atoms with Crippen molar-refractivity contribution in [1.29, 1.82) is 0 Å². The van der Waals surface area contributed by atoms with Gasteiger partial charge in [-0.3, -0.25) is 0 Å². The second-order valence-corrected chi connectivity index (χ2v) is 3.44. The van der Waals surface area contributed by atoms with Crippen molar-refractivity contribution in [3.63, 3.8) is 0 Å². The van der Waals surface area contributed by atoms with E-state index in [2.05, 4.69) is 14.3 Å². The van der Waals surface area contributed by atoms with Gasteiger partial charge in [-0.2, -0.15) is 4.79 Å². The quantitative estimate of drug-likeness (QED) is 0.444. The second-order valence-electron chi connectivity index (χ2n) is 3.44. The van der Waals surface area contributed by atoms with Crippen LogP contribution in [0.3, 0.4) is 0 Å². The summed E-state index contributed by atoms with van der Waals surface area (Å²) in [6, 6.07) is 0. The first kappa shape index (κ1) is 15.5. The van der Waals surface area contributed by atoms with Crippen molar-refractivity contribution in [1.82, 2.24) is 0 Å². The summed E-state index contributed by atoms with van der Waals surface area (Å²) in [5, 5.41) is 0. The Kier molecular flexibility index (Phi) is 5.99. The van der Waals surface area contributed by atoms with Crippen molar-refractivity contribution in [3.8, 4) is 0 Å². The molecule has 0 aromatic carbocycles. The summed E-state index contributed by atoms with van der Waals surface area (Å²) < 4.78 is 19.0. The Morgan fingerprint density at radius 3 is 2.20 bits per heavy atom. The van der Waals surface area contributed by atoms with Crippen molar-refractivity contribution in [2.75, 3.05) is 13.2 Å². The highest BCUT2D eigenvalue weighted by Crippen LogP contribution is 2.20. The molecule has 0 fully saturated rings. The molecule has 0 radical (unpaired) electrons. The van der Waals surface area contributed by atoms with E-state index in [9.17, 15) is 9.59 Å². The van der Waals surface area contributed by atoms with Crippen molar-refractivity contribution in [3.05, 3.63) is 29.2 Å². The van der Waals surface area contributed by atoms with Crippen LogP contribution < -0.4 is 0 Å². The molecule has 0 heterocycles. The van der Waals surface area contributed by atoms with Gasteiger partial charge in [0.2, 0.25) is 0 Å². The molecule has 1 aliphatic rings. The van der Waals surface area contributed by atoms with E-state index >= 15 is 0 Å². The Hall–Kier alpha value is -2.60. The van der Waals surface area contributed by atoms with E-state index < -0.39 is 12.3 Å². The van der Waals surface area contributed by atoms with Gasteiger partial charge in [0.1, 0.15) is 0 Å². The average molecular weight is 282 g/mol. The van der Waals surface area contributed by atoms with E-state index in [0.717, 1.165) is 0 Å². The molecular weight excluding hydrogens is 268 g/mol. The highest BCUT2D eigenvalue weighted by Gasteiger charge is 2.24. The van der Waals surface area contributed by atoms with Crippen LogP contribution in [0.1, 0.15) is 20.3 Å². The Labute approximate surface area is 115 Å². The predicted octanol–water partition coefficient (Wildman–Crippen LogP) is 2.17. The SMILES string of the molecule is CCOC(=O)OC1=CCC(=[N+]=[N-])C=C1OC(=O)OCC. The molecule has 8 nitrogen and oxygen atoms in total. The smallest absolute Gasteiger partial charge is 0.434 e. The molecule has 0 spiro atoms. The largest absolute Gasteiger partial charge is 0.513 e. The first-order valence-electron chi connectivity index (χ1n) is 5.93. The molecule has 0 saturated carbocycles. The van der Waals surface area contributed by atoms with Crippen LogP contribution in [0.4, 0.5) is 9.59 Å². The van der Waals surface area contributed by atoms with Gasteiger partial charge in [0.05, 0.1) is 25.7 Å². The molecule has 1 aliphatic carbocycles. The molecule has 0 amide bonds. The third-order valence-corrected chi connectivity index (χ3v) is 2.08. The summed E-state index contributed by atoms with van der Waals surface area (Å²) in [4.78, 5) is 25.5. The fraction of sp³-hybridized carbons (Fsp3) is 0.417. The van der Waals surface area contributed by atoms with Crippen molar-refractivity contribution >= 4 is 18.0 Å². The molecule has 0 bridgehead atoms. The van der Waals surface area contributed by atoms with Crippen LogP contribution in [0.2, 0.25) is 0 Å². The van der Waals surface area contributed by atoms with E-state index in [1.165, 1.54) is 12.2 Å². The molecule has 0 N–H and O–H groups in total. The minimum atomic E-state index is -0.962. The van der Waals surface area contributed by atoms with E-state index in [-0.39, 0.29) is 36.9 Å². The van der Waals surface area contributed by atoms with Gasteiger partial charge < -0.3 is 24.5 Å². The third-order valence-electron chi connectivity index (χ3n) is 2.08. The van der Waals surface area contributed by atoms with Crippen LogP contribution in [-0.4, -0.2) is 36.0 Å². The maximum absolute atomic E-state index is 11.3. The first-order chi connectivity index (χ1) is 9.60. The third kappa shape index (κ3) is 4.58. The highest BCUT2D eigenvalue weighted by molar-refractivity contribution is 5.94. The summed E-state index contributed by atoms with van der Waals surface area (Å²) in [7, 11) is 0. The summed E-state index contributed by atoms with van der Waals surface area (Å²) in [6.07, 6.45) is 0.991. The number of ether oxygens (including phenoxy) is 4. The molecule has 0 aromatic heterocycles. The van der Waals surface area contributed by atoms with Crippen LogP contribution >= 0.6 is 0 Å². The Morgan fingerprint density at radius 1 is 1.15 bits per heavy atom. The lowest BCUT2D eigenvalue weighted by atomic mass is 10.1. The summed E-state index contributed by atoms with van der Waals surface area (Å²) in [5.74, 6) is -0.112. The molecule has 108 valence electrons. The van der Waals surface area contributed by atoms with E-state index in [1.807, 2.05) is 0 Å². The van der Waals surface area contributed by atoms with Gasteiger partial charge in [-0.25, -0.2) is 9.59 Å². The van der Waals surface area contributed by atoms with E-state index in [1.54, 1.807) is 13.8 Å². The molecule has 0 aromatic rings. The van der Waals surface area contributed by atoms with Gasteiger partial charge in [0, 0.05) is 0 Å². The van der Waals surface area contributed by atoms with Gasteiger partial charge in [-0.15, -0.1) is 0 Å². The number of hydrogen-bond donors (Lipinski definition) is 0. The average Bonchev–Trinajstić information content (AvgIpc) is 2.41. The molecule has 0 aliphatic heterocycles. The Bertz CT molecular complexity index is 502. The number of hydrogen-bond acceptors (Lipinski definition) is 6. The zero-order valence-corrected chi connectivity index (χ0v) is 11.1. The lowest BCUT2D eigenvalue weighted by Crippen LogP contribution is -2.17. The lowest BCUT2D eigenvalue weighted by Gasteiger charge is -2.13. The van der Waals surface area contributed by atoms with E-state index in [0.29, 0.717) is 0 Å². The zero-order valence-electron chi connectivity index (χ0n) is 11.1. The molecule has 0 saturated heterocycles. The van der Waals surface area contributed by atoms with Crippen molar-refractivity contribution < 1.29 is 33.3 Å². The number of carbonyl (C=O) groups is 2.